The molecule has 0 radical (unpaired) electrons. The number of carbonyl (C=O) groups is 1. The van der Waals surface area contributed by atoms with Crippen molar-refractivity contribution in [1.29, 1.82) is 0 Å². The van der Waals surface area contributed by atoms with Crippen molar-refractivity contribution in [2.45, 2.75) is 32.1 Å². The fraction of sp³-hybridized carbons (Fsp3) is 0.700. The fourth-order valence-electron chi connectivity index (χ4n) is 1.89. The van der Waals surface area contributed by atoms with Gasteiger partial charge in [-0.25, -0.2) is 4.39 Å². The molecule has 0 unspecified atom stereocenters. The Hall–Kier alpha value is -0.860. The largest absolute Gasteiger partial charge is 0.481 e. The third kappa shape index (κ3) is 3.17. The number of allylic oxidation sites excluding steroid dienone is 1. The molecule has 74 valence electrons. The van der Waals surface area contributed by atoms with Gasteiger partial charge in [0.2, 0.25) is 0 Å². The molecule has 13 heavy (non-hydrogen) atoms. The van der Waals surface area contributed by atoms with Crippen LogP contribution in [-0.2, 0) is 4.79 Å². The molecule has 0 atom stereocenters. The molecule has 2 nitrogen and oxygen atoms in total. The highest BCUT2D eigenvalue weighted by Crippen LogP contribution is 2.30. The van der Waals surface area contributed by atoms with Crippen LogP contribution in [0.3, 0.4) is 0 Å². The van der Waals surface area contributed by atoms with E-state index in [4.69, 9.17) is 5.11 Å². The topological polar surface area (TPSA) is 37.3 Å². The molecule has 1 N–H and O–H groups in total. The molecule has 3 heteroatoms. The molecule has 0 aromatic carbocycles. The minimum atomic E-state index is -0.681. The molecule has 1 saturated carbocycles. The van der Waals surface area contributed by atoms with E-state index >= 15 is 0 Å². The second kappa shape index (κ2) is 5.00. The van der Waals surface area contributed by atoms with Gasteiger partial charge in [-0.15, -0.1) is 0 Å². The van der Waals surface area contributed by atoms with Crippen LogP contribution in [-0.4, -0.2) is 11.1 Å². The van der Waals surface area contributed by atoms with E-state index in [0.29, 0.717) is 12.2 Å². The number of rotatable bonds is 3. The third-order valence-corrected chi connectivity index (χ3v) is 2.75. The molecule has 1 aliphatic rings. The quantitative estimate of drug-likeness (QED) is 0.735. The van der Waals surface area contributed by atoms with Crippen LogP contribution < -0.4 is 0 Å². The first-order valence-electron chi connectivity index (χ1n) is 4.72. The Bertz CT molecular complexity index is 193. The first-order chi connectivity index (χ1) is 6.24. The van der Waals surface area contributed by atoms with E-state index in [0.717, 1.165) is 32.1 Å². The Morgan fingerprint density at radius 2 is 2.00 bits per heavy atom. The highest BCUT2D eigenvalue weighted by Gasteiger charge is 2.24. The summed E-state index contributed by atoms with van der Waals surface area (Å²) in [5, 5.41) is 8.73. The van der Waals surface area contributed by atoms with Crippen LogP contribution in [0.4, 0.5) is 4.39 Å². The van der Waals surface area contributed by atoms with Gasteiger partial charge in [0.1, 0.15) is 0 Å². The normalized spacial score (nSPS) is 29.3. The number of carboxylic acids is 1. The minimum absolute atomic E-state index is 0.161. The van der Waals surface area contributed by atoms with Gasteiger partial charge in [0.05, 0.1) is 12.2 Å². The van der Waals surface area contributed by atoms with Crippen LogP contribution in [0.1, 0.15) is 32.1 Å². The molecule has 0 bridgehead atoms. The fourth-order valence-corrected chi connectivity index (χ4v) is 1.89. The number of hydrogen-bond donors (Lipinski definition) is 1. The summed E-state index contributed by atoms with van der Waals surface area (Å²) >= 11 is 0. The summed E-state index contributed by atoms with van der Waals surface area (Å²) in [7, 11) is 0. The maximum absolute atomic E-state index is 11.7. The van der Waals surface area contributed by atoms with Gasteiger partial charge in [0.15, 0.2) is 0 Å². The number of hydrogen-bond acceptors (Lipinski definition) is 1. The lowest BCUT2D eigenvalue weighted by Crippen LogP contribution is -2.21. The lowest BCUT2D eigenvalue weighted by atomic mass is 9.81. The molecule has 1 aliphatic carbocycles. The van der Waals surface area contributed by atoms with Gasteiger partial charge in [0, 0.05) is 0 Å². The first kappa shape index (κ1) is 10.2. The van der Waals surface area contributed by atoms with Crippen LogP contribution in [0.5, 0.6) is 0 Å². The first-order valence-corrected chi connectivity index (χ1v) is 4.72. The van der Waals surface area contributed by atoms with Gasteiger partial charge in [-0.2, -0.15) is 0 Å². The second-order valence-electron chi connectivity index (χ2n) is 3.65. The van der Waals surface area contributed by atoms with Crippen molar-refractivity contribution in [2.24, 2.45) is 11.8 Å². The Balaban J connectivity index is 2.26. The molecule has 0 aromatic rings. The third-order valence-electron chi connectivity index (χ3n) is 2.75. The molecule has 0 heterocycles. The predicted molar refractivity (Wildman–Crippen MR) is 47.9 cm³/mol. The van der Waals surface area contributed by atoms with Gasteiger partial charge in [-0.05, 0) is 38.0 Å². The van der Waals surface area contributed by atoms with Gasteiger partial charge < -0.3 is 5.11 Å². The summed E-state index contributed by atoms with van der Waals surface area (Å²) in [5.41, 5.74) is 0. The molecule has 1 rings (SSSR count). The molecular formula is C10H15FO2. The SMILES string of the molecule is O=C(O)[C@H]1CC[C@@H](C/C=C/F)CC1. The lowest BCUT2D eigenvalue weighted by Gasteiger charge is -2.24. The Morgan fingerprint density at radius 1 is 1.38 bits per heavy atom. The maximum atomic E-state index is 11.7. The molecule has 0 saturated heterocycles. The summed E-state index contributed by atoms with van der Waals surface area (Å²) in [6.07, 6.45) is 6.18. The summed E-state index contributed by atoms with van der Waals surface area (Å²) in [6.45, 7) is 0. The highest BCUT2D eigenvalue weighted by atomic mass is 19.1. The van der Waals surface area contributed by atoms with Crippen LogP contribution in [0.15, 0.2) is 12.4 Å². The van der Waals surface area contributed by atoms with Crippen molar-refractivity contribution in [3.05, 3.63) is 12.4 Å². The monoisotopic (exact) mass is 186 g/mol. The van der Waals surface area contributed by atoms with Gasteiger partial charge in [0.25, 0.3) is 0 Å². The average molecular weight is 186 g/mol. The number of carboxylic acid groups (broad SMARTS) is 1. The number of halogens is 1. The van der Waals surface area contributed by atoms with E-state index in [-0.39, 0.29) is 5.92 Å². The standard InChI is InChI=1S/C10H15FO2/c11-7-1-2-8-3-5-9(6-4-8)10(12)13/h1,7-9H,2-6H2,(H,12,13)/b7-1+/t8-,9+. The molecule has 0 aliphatic heterocycles. The van der Waals surface area contributed by atoms with Crippen LogP contribution >= 0.6 is 0 Å². The molecule has 1 fully saturated rings. The Labute approximate surface area is 77.4 Å². The zero-order valence-corrected chi connectivity index (χ0v) is 7.58. The van der Waals surface area contributed by atoms with E-state index in [1.54, 1.807) is 0 Å². The minimum Gasteiger partial charge on any atom is -0.481 e. The lowest BCUT2D eigenvalue weighted by molar-refractivity contribution is -0.143. The van der Waals surface area contributed by atoms with Crippen LogP contribution in [0, 0.1) is 11.8 Å². The van der Waals surface area contributed by atoms with Crippen LogP contribution in [0.25, 0.3) is 0 Å². The van der Waals surface area contributed by atoms with Crippen molar-refractivity contribution in [3.8, 4) is 0 Å². The van der Waals surface area contributed by atoms with E-state index in [9.17, 15) is 9.18 Å². The predicted octanol–water partition coefficient (Wildman–Crippen LogP) is 2.75. The van der Waals surface area contributed by atoms with Gasteiger partial charge >= 0.3 is 5.97 Å². The van der Waals surface area contributed by atoms with Crippen molar-refractivity contribution in [2.75, 3.05) is 0 Å². The molecular weight excluding hydrogens is 171 g/mol. The van der Waals surface area contributed by atoms with E-state index in [1.165, 1.54) is 6.08 Å². The summed E-state index contributed by atoms with van der Waals surface area (Å²) < 4.78 is 11.7. The Morgan fingerprint density at radius 3 is 2.46 bits per heavy atom. The van der Waals surface area contributed by atoms with E-state index < -0.39 is 5.97 Å². The van der Waals surface area contributed by atoms with Gasteiger partial charge in [-0.1, -0.05) is 6.08 Å². The van der Waals surface area contributed by atoms with Crippen molar-refractivity contribution in [1.82, 2.24) is 0 Å². The summed E-state index contributed by atoms with van der Waals surface area (Å²) in [5.74, 6) is -0.354. The van der Waals surface area contributed by atoms with Gasteiger partial charge in [-0.3, -0.25) is 4.79 Å². The zero-order valence-electron chi connectivity index (χ0n) is 7.58. The van der Waals surface area contributed by atoms with Crippen molar-refractivity contribution < 1.29 is 14.3 Å². The van der Waals surface area contributed by atoms with Crippen LogP contribution in [0.2, 0.25) is 0 Å². The highest BCUT2D eigenvalue weighted by molar-refractivity contribution is 5.69. The summed E-state index contributed by atoms with van der Waals surface area (Å²) in [6, 6.07) is 0. The van der Waals surface area contributed by atoms with Crippen molar-refractivity contribution >= 4 is 5.97 Å². The number of aliphatic carboxylic acids is 1. The second-order valence-corrected chi connectivity index (χ2v) is 3.65. The zero-order chi connectivity index (χ0) is 9.68. The maximum Gasteiger partial charge on any atom is 0.306 e. The Kier molecular flexibility index (Phi) is 3.93. The molecule has 0 amide bonds. The smallest absolute Gasteiger partial charge is 0.306 e. The summed E-state index contributed by atoms with van der Waals surface area (Å²) in [4.78, 5) is 10.6. The molecule has 0 spiro atoms. The average Bonchev–Trinajstić information content (AvgIpc) is 2.15. The van der Waals surface area contributed by atoms with E-state index in [2.05, 4.69) is 0 Å². The van der Waals surface area contributed by atoms with Crippen molar-refractivity contribution in [3.63, 3.8) is 0 Å². The van der Waals surface area contributed by atoms with E-state index in [1.807, 2.05) is 0 Å². The molecule has 0 aromatic heterocycles.